The highest BCUT2D eigenvalue weighted by Gasteiger charge is 2.26. The molecule has 1 aromatic carbocycles. The van der Waals surface area contributed by atoms with E-state index < -0.39 is 17.2 Å². The van der Waals surface area contributed by atoms with Gasteiger partial charge in [0.1, 0.15) is 11.5 Å². The highest BCUT2D eigenvalue weighted by atomic mass is 32.2. The van der Waals surface area contributed by atoms with E-state index in [-0.39, 0.29) is 17.5 Å². The molecule has 1 aliphatic rings. The van der Waals surface area contributed by atoms with Gasteiger partial charge < -0.3 is 9.47 Å². The normalized spacial score (nSPS) is 14.4. The van der Waals surface area contributed by atoms with E-state index in [1.807, 2.05) is 6.26 Å². The van der Waals surface area contributed by atoms with Crippen LogP contribution in [0.3, 0.4) is 0 Å². The van der Waals surface area contributed by atoms with Gasteiger partial charge in [0, 0.05) is 17.6 Å². The molecule has 26 heavy (non-hydrogen) atoms. The number of benzene rings is 1. The maximum Gasteiger partial charge on any atom is 0.295 e. The van der Waals surface area contributed by atoms with Gasteiger partial charge >= 0.3 is 0 Å². The Morgan fingerprint density at radius 2 is 2.08 bits per heavy atom. The molecule has 3 aromatic rings. The fourth-order valence-corrected chi connectivity index (χ4v) is 2.97. The second kappa shape index (κ2) is 6.65. The van der Waals surface area contributed by atoms with Crippen LogP contribution in [-0.2, 0) is 4.74 Å². The maximum absolute atomic E-state index is 13.9. The molecule has 1 saturated heterocycles. The molecular formula is C17H13F2N3O3S. The fraction of sp³-hybridized carbons (Fsp3) is 0.235. The first-order valence-electron chi connectivity index (χ1n) is 7.74. The average Bonchev–Trinajstić information content (AvgIpc) is 2.58. The maximum atomic E-state index is 13.9. The molecule has 9 heteroatoms. The first-order chi connectivity index (χ1) is 12.6. The largest absolute Gasteiger partial charge is 0.448 e. The van der Waals surface area contributed by atoms with Crippen molar-refractivity contribution in [2.45, 2.75) is 11.2 Å². The third-order valence-electron chi connectivity index (χ3n) is 4.00. The number of ether oxygens (including phenoxy) is 2. The van der Waals surface area contributed by atoms with Crippen LogP contribution in [0.1, 0.15) is 6.04 Å². The lowest BCUT2D eigenvalue weighted by Gasteiger charge is -2.29. The van der Waals surface area contributed by atoms with E-state index >= 15 is 0 Å². The van der Waals surface area contributed by atoms with Crippen molar-refractivity contribution in [2.24, 2.45) is 0 Å². The number of aromatic nitrogens is 3. The molecule has 6 nitrogen and oxygen atoms in total. The summed E-state index contributed by atoms with van der Waals surface area (Å²) < 4.78 is 39.1. The van der Waals surface area contributed by atoms with Gasteiger partial charge in [0.15, 0.2) is 22.5 Å². The highest BCUT2D eigenvalue weighted by molar-refractivity contribution is 7.98. The van der Waals surface area contributed by atoms with E-state index in [2.05, 4.69) is 9.97 Å². The summed E-state index contributed by atoms with van der Waals surface area (Å²) in [5.74, 6) is -1.94. The summed E-state index contributed by atoms with van der Waals surface area (Å²) in [5, 5.41) is 1.11. The minimum Gasteiger partial charge on any atom is -0.448 e. The molecule has 4 rings (SSSR count). The molecule has 2 aromatic heterocycles. The lowest BCUT2D eigenvalue weighted by molar-refractivity contribution is -0.0233. The van der Waals surface area contributed by atoms with Gasteiger partial charge in [-0.3, -0.25) is 9.36 Å². The van der Waals surface area contributed by atoms with Gasteiger partial charge in [-0.05, 0) is 24.5 Å². The van der Waals surface area contributed by atoms with E-state index in [1.54, 1.807) is 6.20 Å². The van der Waals surface area contributed by atoms with Crippen LogP contribution in [-0.4, -0.2) is 34.0 Å². The topological polar surface area (TPSA) is 66.2 Å². The number of thioether (sulfide) groups is 1. The van der Waals surface area contributed by atoms with Gasteiger partial charge in [0.2, 0.25) is 0 Å². The Labute approximate surface area is 150 Å². The second-order valence-electron chi connectivity index (χ2n) is 5.69. The molecule has 0 amide bonds. The Hall–Kier alpha value is -2.52. The van der Waals surface area contributed by atoms with Crippen LogP contribution in [0.4, 0.5) is 8.78 Å². The molecule has 0 unspecified atom stereocenters. The fourth-order valence-electron chi connectivity index (χ4n) is 2.64. The molecule has 0 saturated carbocycles. The smallest absolute Gasteiger partial charge is 0.295 e. The van der Waals surface area contributed by atoms with Crippen LogP contribution in [0.2, 0.25) is 0 Å². The molecule has 3 heterocycles. The molecule has 1 fully saturated rings. The second-order valence-corrected chi connectivity index (χ2v) is 6.46. The predicted octanol–water partition coefficient (Wildman–Crippen LogP) is 3.16. The SMILES string of the molecule is CSc1ncc2cc(Oc3ccc(F)cc3F)c(=O)n(C3COC3)c2n1. The van der Waals surface area contributed by atoms with E-state index in [0.717, 1.165) is 12.1 Å². The van der Waals surface area contributed by atoms with Crippen molar-refractivity contribution in [3.63, 3.8) is 0 Å². The van der Waals surface area contributed by atoms with Crippen LogP contribution < -0.4 is 10.3 Å². The standard InChI is InChI=1S/C17H13F2N3O3S/c1-26-17-20-6-9-4-14(25-13-3-2-10(18)5-12(13)19)16(23)22(15(9)21-17)11-7-24-8-11/h2-6,11H,7-8H2,1H3. The van der Waals surface area contributed by atoms with Crippen LogP contribution in [0.25, 0.3) is 11.0 Å². The van der Waals surface area contributed by atoms with Crippen LogP contribution in [0.15, 0.2) is 40.4 Å². The number of halogens is 2. The Morgan fingerprint density at radius 1 is 1.27 bits per heavy atom. The Bertz CT molecular complexity index is 1050. The number of hydrogen-bond acceptors (Lipinski definition) is 6. The summed E-state index contributed by atoms with van der Waals surface area (Å²) in [6.45, 7) is 0.754. The molecule has 0 N–H and O–H groups in total. The molecule has 0 spiro atoms. The van der Waals surface area contributed by atoms with Gasteiger partial charge in [0.25, 0.3) is 5.56 Å². The molecule has 0 aliphatic carbocycles. The Balaban J connectivity index is 1.87. The van der Waals surface area contributed by atoms with Gasteiger partial charge in [-0.25, -0.2) is 18.7 Å². The van der Waals surface area contributed by atoms with E-state index in [0.29, 0.717) is 35.5 Å². The van der Waals surface area contributed by atoms with Crippen molar-refractivity contribution < 1.29 is 18.3 Å². The van der Waals surface area contributed by atoms with Crippen molar-refractivity contribution in [2.75, 3.05) is 19.5 Å². The first-order valence-corrected chi connectivity index (χ1v) is 8.96. The van der Waals surface area contributed by atoms with Gasteiger partial charge in [-0.2, -0.15) is 0 Å². The van der Waals surface area contributed by atoms with Crippen molar-refractivity contribution >= 4 is 22.8 Å². The van der Waals surface area contributed by atoms with Crippen molar-refractivity contribution in [3.05, 3.63) is 52.5 Å². The zero-order valence-electron chi connectivity index (χ0n) is 13.6. The molecule has 134 valence electrons. The third-order valence-corrected chi connectivity index (χ3v) is 4.56. The van der Waals surface area contributed by atoms with Gasteiger partial charge in [-0.15, -0.1) is 0 Å². The zero-order chi connectivity index (χ0) is 18.3. The number of rotatable bonds is 4. The lowest BCUT2D eigenvalue weighted by Crippen LogP contribution is -2.38. The lowest BCUT2D eigenvalue weighted by atomic mass is 10.2. The van der Waals surface area contributed by atoms with E-state index in [4.69, 9.17) is 9.47 Å². The Kier molecular flexibility index (Phi) is 4.33. The third kappa shape index (κ3) is 2.93. The zero-order valence-corrected chi connectivity index (χ0v) is 14.4. The number of pyridine rings is 1. The minimum absolute atomic E-state index is 0.0876. The van der Waals surface area contributed by atoms with Gasteiger partial charge in [0.05, 0.1) is 19.3 Å². The predicted molar refractivity (Wildman–Crippen MR) is 91.9 cm³/mol. The first kappa shape index (κ1) is 16.9. The average molecular weight is 377 g/mol. The molecule has 0 atom stereocenters. The van der Waals surface area contributed by atoms with Gasteiger partial charge in [-0.1, -0.05) is 11.8 Å². The molecule has 0 radical (unpaired) electrons. The highest BCUT2D eigenvalue weighted by Crippen LogP contribution is 2.28. The van der Waals surface area contributed by atoms with Crippen LogP contribution in [0.5, 0.6) is 11.5 Å². The van der Waals surface area contributed by atoms with E-state index in [9.17, 15) is 13.6 Å². The monoisotopic (exact) mass is 377 g/mol. The molecular weight excluding hydrogens is 364 g/mol. The summed E-state index contributed by atoms with van der Waals surface area (Å²) in [7, 11) is 0. The quantitative estimate of drug-likeness (QED) is 0.514. The summed E-state index contributed by atoms with van der Waals surface area (Å²) in [5.41, 5.74) is 0.00913. The molecule has 0 bridgehead atoms. The Morgan fingerprint density at radius 3 is 2.73 bits per heavy atom. The number of nitrogens with zero attached hydrogens (tertiary/aromatic N) is 3. The van der Waals surface area contributed by atoms with Crippen LogP contribution in [0, 0.1) is 11.6 Å². The summed E-state index contributed by atoms with van der Waals surface area (Å²) in [6, 6.07) is 4.17. The summed E-state index contributed by atoms with van der Waals surface area (Å²) >= 11 is 1.36. The van der Waals surface area contributed by atoms with Crippen molar-refractivity contribution in [1.82, 2.24) is 14.5 Å². The number of hydrogen-bond donors (Lipinski definition) is 0. The summed E-state index contributed by atoms with van der Waals surface area (Å²) in [6.07, 6.45) is 3.42. The van der Waals surface area contributed by atoms with E-state index in [1.165, 1.54) is 22.4 Å². The molecule has 1 aliphatic heterocycles. The summed E-state index contributed by atoms with van der Waals surface area (Å²) in [4.78, 5) is 21.5. The number of fused-ring (bicyclic) bond motifs is 1. The van der Waals surface area contributed by atoms with Crippen molar-refractivity contribution in [1.29, 1.82) is 0 Å². The van der Waals surface area contributed by atoms with Crippen molar-refractivity contribution in [3.8, 4) is 11.5 Å². The minimum atomic E-state index is -0.892. The van der Waals surface area contributed by atoms with Crippen LogP contribution >= 0.6 is 11.8 Å².